The van der Waals surface area contributed by atoms with Crippen molar-refractivity contribution in [3.05, 3.63) is 36.3 Å². The zero-order chi connectivity index (χ0) is 12.3. The number of rotatable bonds is 4. The molecular weight excluding hydrogens is 242 g/mol. The summed E-state index contributed by atoms with van der Waals surface area (Å²) in [6.07, 6.45) is 4.36. The van der Waals surface area contributed by atoms with Crippen LogP contribution in [0.2, 0.25) is 0 Å². The Labute approximate surface area is 98.1 Å². The number of sulfonamides is 1. The molecule has 0 amide bonds. The van der Waals surface area contributed by atoms with Crippen molar-refractivity contribution in [2.75, 3.05) is 5.73 Å². The summed E-state index contributed by atoms with van der Waals surface area (Å²) in [6, 6.07) is 3.45. The van der Waals surface area contributed by atoms with Gasteiger partial charge in [-0.2, -0.15) is 5.10 Å². The van der Waals surface area contributed by atoms with Gasteiger partial charge < -0.3 is 5.73 Å². The summed E-state index contributed by atoms with van der Waals surface area (Å²) in [6.45, 7) is 0.176. The summed E-state index contributed by atoms with van der Waals surface area (Å²) in [5, 5.41) is 5.94. The Morgan fingerprint density at radius 1 is 1.35 bits per heavy atom. The number of nitrogens with zero attached hydrogens (tertiary/aromatic N) is 2. The van der Waals surface area contributed by atoms with Crippen LogP contribution in [0.4, 0.5) is 5.82 Å². The molecule has 0 atom stereocenters. The maximum absolute atomic E-state index is 11.8. The Morgan fingerprint density at radius 2 is 2.06 bits per heavy atom. The summed E-state index contributed by atoms with van der Waals surface area (Å²) >= 11 is 0. The molecule has 0 aliphatic heterocycles. The van der Waals surface area contributed by atoms with Crippen molar-refractivity contribution in [3.63, 3.8) is 0 Å². The summed E-state index contributed by atoms with van der Waals surface area (Å²) in [4.78, 5) is 3.79. The summed E-state index contributed by atoms with van der Waals surface area (Å²) in [5.41, 5.74) is 6.26. The Kier molecular flexibility index (Phi) is 3.07. The fourth-order valence-electron chi connectivity index (χ4n) is 1.26. The van der Waals surface area contributed by atoms with Gasteiger partial charge in [-0.3, -0.25) is 10.1 Å². The lowest BCUT2D eigenvalue weighted by molar-refractivity contribution is 0.582. The lowest BCUT2D eigenvalue weighted by atomic mass is 10.3. The zero-order valence-electron chi connectivity index (χ0n) is 8.79. The first kappa shape index (κ1) is 11.6. The Bertz CT molecular complexity index is 593. The molecule has 0 bridgehead atoms. The highest BCUT2D eigenvalue weighted by molar-refractivity contribution is 7.89. The van der Waals surface area contributed by atoms with Crippen LogP contribution in [-0.4, -0.2) is 23.6 Å². The van der Waals surface area contributed by atoms with Gasteiger partial charge in [0.25, 0.3) is 0 Å². The minimum Gasteiger partial charge on any atom is -0.383 e. The van der Waals surface area contributed by atoms with E-state index in [1.54, 1.807) is 24.5 Å². The predicted octanol–water partition coefficient (Wildman–Crippen LogP) is -0.135. The third kappa shape index (κ3) is 2.60. The number of aromatic amines is 1. The van der Waals surface area contributed by atoms with Crippen LogP contribution in [-0.2, 0) is 16.6 Å². The SMILES string of the molecule is Nc1[nH]ncc1S(=O)(=O)NCc1ccncc1. The van der Waals surface area contributed by atoms with Crippen LogP contribution >= 0.6 is 0 Å². The van der Waals surface area contributed by atoms with Crippen LogP contribution in [0.1, 0.15) is 5.56 Å². The molecule has 0 fully saturated rings. The molecule has 0 saturated carbocycles. The molecule has 0 spiro atoms. The Morgan fingerprint density at radius 3 is 2.65 bits per heavy atom. The van der Waals surface area contributed by atoms with Crippen LogP contribution in [0.15, 0.2) is 35.6 Å². The molecule has 0 aliphatic rings. The minimum absolute atomic E-state index is 0.0206. The molecule has 4 N–H and O–H groups in total. The largest absolute Gasteiger partial charge is 0.383 e. The van der Waals surface area contributed by atoms with Crippen molar-refractivity contribution in [1.82, 2.24) is 19.9 Å². The number of H-pyrrole nitrogens is 1. The lowest BCUT2D eigenvalue weighted by Gasteiger charge is -2.05. The van der Waals surface area contributed by atoms with Crippen LogP contribution in [0, 0.1) is 0 Å². The van der Waals surface area contributed by atoms with Gasteiger partial charge in [-0.15, -0.1) is 0 Å². The molecule has 2 aromatic rings. The van der Waals surface area contributed by atoms with Gasteiger partial charge in [0.05, 0.1) is 6.20 Å². The van der Waals surface area contributed by atoms with Crippen LogP contribution in [0.25, 0.3) is 0 Å². The summed E-state index contributed by atoms with van der Waals surface area (Å²) in [5.74, 6) is 0.0206. The van der Waals surface area contributed by atoms with Gasteiger partial charge in [0.2, 0.25) is 10.0 Å². The molecule has 0 radical (unpaired) electrons. The zero-order valence-corrected chi connectivity index (χ0v) is 9.61. The lowest BCUT2D eigenvalue weighted by Crippen LogP contribution is -2.23. The molecule has 2 heterocycles. The molecular formula is C9H11N5O2S. The number of nitrogen functional groups attached to an aromatic ring is 1. The molecule has 0 aliphatic carbocycles. The van der Waals surface area contributed by atoms with Gasteiger partial charge >= 0.3 is 0 Å². The number of aromatic nitrogens is 3. The summed E-state index contributed by atoms with van der Waals surface area (Å²) < 4.78 is 26.1. The van der Waals surface area contributed by atoms with E-state index in [4.69, 9.17) is 5.73 Å². The van der Waals surface area contributed by atoms with E-state index in [0.717, 1.165) is 5.56 Å². The van der Waals surface area contributed by atoms with Crippen LogP contribution in [0.5, 0.6) is 0 Å². The average Bonchev–Trinajstić information content (AvgIpc) is 2.75. The maximum atomic E-state index is 11.8. The van der Waals surface area contributed by atoms with Gasteiger partial charge in [0.1, 0.15) is 10.7 Å². The van der Waals surface area contributed by atoms with E-state index in [0.29, 0.717) is 0 Å². The van der Waals surface area contributed by atoms with E-state index in [2.05, 4.69) is 19.9 Å². The van der Waals surface area contributed by atoms with Crippen LogP contribution < -0.4 is 10.5 Å². The third-order valence-electron chi connectivity index (χ3n) is 2.14. The average molecular weight is 253 g/mol. The number of anilines is 1. The standard InChI is InChI=1S/C9H11N5O2S/c10-9-8(6-12-14-9)17(15,16)13-5-7-1-3-11-4-2-7/h1-4,6,13H,5H2,(H3,10,12,14). The van der Waals surface area contributed by atoms with Crippen molar-refractivity contribution in [3.8, 4) is 0 Å². The summed E-state index contributed by atoms with van der Waals surface area (Å²) in [7, 11) is -3.63. The first-order valence-corrected chi connectivity index (χ1v) is 6.25. The molecule has 8 heteroatoms. The quantitative estimate of drug-likeness (QED) is 0.702. The second-order valence-corrected chi connectivity index (χ2v) is 5.06. The van der Waals surface area contributed by atoms with E-state index in [-0.39, 0.29) is 17.3 Å². The molecule has 90 valence electrons. The monoisotopic (exact) mass is 253 g/mol. The van der Waals surface area contributed by atoms with Crippen molar-refractivity contribution in [2.45, 2.75) is 11.4 Å². The number of nitrogens with two attached hydrogens (primary N) is 1. The van der Waals surface area contributed by atoms with Gasteiger partial charge in [0, 0.05) is 18.9 Å². The minimum atomic E-state index is -3.63. The Hall–Kier alpha value is -1.93. The van der Waals surface area contributed by atoms with E-state index >= 15 is 0 Å². The topological polar surface area (TPSA) is 114 Å². The third-order valence-corrected chi connectivity index (χ3v) is 3.57. The van der Waals surface area contributed by atoms with Gasteiger partial charge in [0.15, 0.2) is 0 Å². The van der Waals surface area contributed by atoms with Crippen molar-refractivity contribution >= 4 is 15.8 Å². The predicted molar refractivity (Wildman–Crippen MR) is 61.3 cm³/mol. The number of hydrogen-bond acceptors (Lipinski definition) is 5. The highest BCUT2D eigenvalue weighted by Gasteiger charge is 2.18. The fourth-order valence-corrected chi connectivity index (χ4v) is 2.29. The van der Waals surface area contributed by atoms with E-state index in [1.165, 1.54) is 6.20 Å². The fraction of sp³-hybridized carbons (Fsp3) is 0.111. The first-order chi connectivity index (χ1) is 8.09. The normalized spacial score (nSPS) is 11.5. The number of nitrogens with one attached hydrogen (secondary N) is 2. The van der Waals surface area contributed by atoms with E-state index < -0.39 is 10.0 Å². The van der Waals surface area contributed by atoms with E-state index in [1.807, 2.05) is 0 Å². The smallest absolute Gasteiger partial charge is 0.246 e. The second kappa shape index (κ2) is 4.52. The number of hydrogen-bond donors (Lipinski definition) is 3. The second-order valence-electron chi connectivity index (χ2n) is 3.33. The van der Waals surface area contributed by atoms with Crippen molar-refractivity contribution < 1.29 is 8.42 Å². The highest BCUT2D eigenvalue weighted by Crippen LogP contribution is 2.13. The molecule has 0 aromatic carbocycles. The number of pyridine rings is 1. The Balaban J connectivity index is 2.12. The molecule has 2 rings (SSSR count). The van der Waals surface area contributed by atoms with Crippen molar-refractivity contribution in [1.29, 1.82) is 0 Å². The van der Waals surface area contributed by atoms with Gasteiger partial charge in [-0.1, -0.05) is 0 Å². The molecule has 0 unspecified atom stereocenters. The van der Waals surface area contributed by atoms with Gasteiger partial charge in [-0.05, 0) is 17.7 Å². The molecule has 7 nitrogen and oxygen atoms in total. The van der Waals surface area contributed by atoms with E-state index in [9.17, 15) is 8.42 Å². The highest BCUT2D eigenvalue weighted by atomic mass is 32.2. The molecule has 2 aromatic heterocycles. The van der Waals surface area contributed by atoms with Crippen LogP contribution in [0.3, 0.4) is 0 Å². The van der Waals surface area contributed by atoms with Crippen molar-refractivity contribution in [2.24, 2.45) is 0 Å². The molecule has 0 saturated heterocycles. The first-order valence-electron chi connectivity index (χ1n) is 4.77. The maximum Gasteiger partial charge on any atom is 0.246 e. The molecule has 17 heavy (non-hydrogen) atoms. The van der Waals surface area contributed by atoms with Gasteiger partial charge in [-0.25, -0.2) is 13.1 Å².